The van der Waals surface area contributed by atoms with Crippen molar-refractivity contribution in [3.63, 3.8) is 0 Å². The van der Waals surface area contributed by atoms with Crippen LogP contribution in [0.15, 0.2) is 47.6 Å². The molecule has 0 bridgehead atoms. The Hall–Kier alpha value is -2.73. The molecule has 0 aliphatic rings. The lowest BCUT2D eigenvalue weighted by atomic mass is 10.2. The van der Waals surface area contributed by atoms with Crippen molar-refractivity contribution in [2.75, 3.05) is 20.8 Å². The molecule has 0 heterocycles. The lowest BCUT2D eigenvalue weighted by Crippen LogP contribution is -2.24. The van der Waals surface area contributed by atoms with Crippen LogP contribution in [0.4, 0.5) is 0 Å². The summed E-state index contributed by atoms with van der Waals surface area (Å²) in [6, 6.07) is 12.2. The largest absolute Gasteiger partial charge is 0.497 e. The van der Waals surface area contributed by atoms with Crippen molar-refractivity contribution >= 4 is 23.7 Å². The first-order valence-corrected chi connectivity index (χ1v) is 7.43. The van der Waals surface area contributed by atoms with Crippen LogP contribution in [0.5, 0.6) is 17.2 Å². The summed E-state index contributed by atoms with van der Waals surface area (Å²) >= 11 is 5.94. The van der Waals surface area contributed by atoms with Crippen molar-refractivity contribution in [1.29, 1.82) is 0 Å². The molecule has 24 heavy (non-hydrogen) atoms. The van der Waals surface area contributed by atoms with E-state index >= 15 is 0 Å². The van der Waals surface area contributed by atoms with Gasteiger partial charge in [-0.25, -0.2) is 5.43 Å². The second kappa shape index (κ2) is 8.79. The number of amides is 1. The fourth-order valence-corrected chi connectivity index (χ4v) is 2.03. The van der Waals surface area contributed by atoms with Crippen LogP contribution >= 0.6 is 11.6 Å². The zero-order chi connectivity index (χ0) is 17.4. The average Bonchev–Trinajstić information content (AvgIpc) is 2.61. The maximum atomic E-state index is 11.7. The van der Waals surface area contributed by atoms with Gasteiger partial charge >= 0.3 is 0 Å². The summed E-state index contributed by atoms with van der Waals surface area (Å²) in [6.45, 7) is -0.194. The number of benzene rings is 2. The van der Waals surface area contributed by atoms with Crippen LogP contribution in [-0.2, 0) is 4.79 Å². The fraction of sp³-hybridized carbons (Fsp3) is 0.176. The van der Waals surface area contributed by atoms with Crippen molar-refractivity contribution in [2.45, 2.75) is 0 Å². The van der Waals surface area contributed by atoms with Crippen molar-refractivity contribution in [1.82, 2.24) is 5.43 Å². The predicted octanol–water partition coefficient (Wildman–Crippen LogP) is 2.89. The van der Waals surface area contributed by atoms with Crippen LogP contribution in [0.25, 0.3) is 0 Å². The molecule has 6 nitrogen and oxygen atoms in total. The van der Waals surface area contributed by atoms with E-state index in [1.165, 1.54) is 6.21 Å². The van der Waals surface area contributed by atoms with Gasteiger partial charge < -0.3 is 14.2 Å². The molecule has 0 saturated carbocycles. The van der Waals surface area contributed by atoms with Crippen molar-refractivity contribution in [2.24, 2.45) is 5.10 Å². The summed E-state index contributed by atoms with van der Waals surface area (Å²) in [4.78, 5) is 11.7. The Morgan fingerprint density at radius 3 is 2.67 bits per heavy atom. The molecule has 0 spiro atoms. The number of halogens is 1. The average molecular weight is 349 g/mol. The van der Waals surface area contributed by atoms with Crippen molar-refractivity contribution in [3.05, 3.63) is 53.1 Å². The molecule has 0 unspecified atom stereocenters. The van der Waals surface area contributed by atoms with Gasteiger partial charge in [0.05, 0.1) is 25.5 Å². The third-order valence-corrected chi connectivity index (χ3v) is 3.34. The zero-order valence-corrected chi connectivity index (χ0v) is 14.0. The van der Waals surface area contributed by atoms with Crippen LogP contribution in [0.1, 0.15) is 5.56 Å². The van der Waals surface area contributed by atoms with Gasteiger partial charge in [-0.05, 0) is 24.3 Å². The highest BCUT2D eigenvalue weighted by molar-refractivity contribution is 6.32. The van der Waals surface area contributed by atoms with Gasteiger partial charge in [0, 0.05) is 11.6 Å². The van der Waals surface area contributed by atoms with Gasteiger partial charge in [-0.3, -0.25) is 4.79 Å². The number of nitrogens with one attached hydrogen (secondary N) is 1. The monoisotopic (exact) mass is 348 g/mol. The molecule has 0 aliphatic carbocycles. The Morgan fingerprint density at radius 2 is 1.96 bits per heavy atom. The maximum absolute atomic E-state index is 11.7. The molecule has 0 atom stereocenters. The number of carbonyl (C=O) groups is 1. The van der Waals surface area contributed by atoms with Gasteiger partial charge in [-0.1, -0.05) is 23.7 Å². The Morgan fingerprint density at radius 1 is 1.17 bits per heavy atom. The number of para-hydroxylation sites is 1. The van der Waals surface area contributed by atoms with E-state index in [9.17, 15) is 4.79 Å². The molecule has 126 valence electrons. The second-order valence-electron chi connectivity index (χ2n) is 4.62. The minimum Gasteiger partial charge on any atom is -0.497 e. The predicted molar refractivity (Wildman–Crippen MR) is 92.2 cm³/mol. The SMILES string of the molecule is COc1ccc(/C=N\NC(=O)COc2ccccc2Cl)c(OC)c1. The highest BCUT2D eigenvalue weighted by Crippen LogP contribution is 2.23. The van der Waals surface area contributed by atoms with E-state index in [0.29, 0.717) is 27.8 Å². The maximum Gasteiger partial charge on any atom is 0.277 e. The third kappa shape index (κ3) is 4.89. The number of carbonyl (C=O) groups excluding carboxylic acids is 1. The smallest absolute Gasteiger partial charge is 0.277 e. The molecule has 0 radical (unpaired) electrons. The second-order valence-corrected chi connectivity index (χ2v) is 5.03. The van der Waals surface area contributed by atoms with Crippen molar-refractivity contribution < 1.29 is 19.0 Å². The summed E-state index contributed by atoms with van der Waals surface area (Å²) in [5, 5.41) is 4.32. The Labute approximate surface area is 145 Å². The Bertz CT molecular complexity index is 734. The summed E-state index contributed by atoms with van der Waals surface area (Å²) in [5.74, 6) is 1.29. The number of hydrogen-bond acceptors (Lipinski definition) is 5. The minimum absolute atomic E-state index is 0.194. The van der Waals surface area contributed by atoms with E-state index < -0.39 is 5.91 Å². The highest BCUT2D eigenvalue weighted by Gasteiger charge is 2.05. The minimum atomic E-state index is -0.404. The van der Waals surface area contributed by atoms with E-state index in [4.69, 9.17) is 25.8 Å². The van der Waals surface area contributed by atoms with Gasteiger partial charge in [0.15, 0.2) is 6.61 Å². The molecule has 0 aromatic heterocycles. The molecule has 1 N–H and O–H groups in total. The summed E-state index contributed by atoms with van der Waals surface area (Å²) in [7, 11) is 3.11. The van der Waals surface area contributed by atoms with E-state index in [0.717, 1.165) is 0 Å². The Balaban J connectivity index is 1.89. The molecule has 1 amide bonds. The number of nitrogens with zero attached hydrogens (tertiary/aromatic N) is 1. The van der Waals surface area contributed by atoms with Gasteiger partial charge in [-0.2, -0.15) is 5.10 Å². The van der Waals surface area contributed by atoms with Gasteiger partial charge in [-0.15, -0.1) is 0 Å². The normalized spacial score (nSPS) is 10.5. The van der Waals surface area contributed by atoms with Crippen LogP contribution in [-0.4, -0.2) is 32.9 Å². The molecule has 2 rings (SSSR count). The number of hydrazone groups is 1. The number of methoxy groups -OCH3 is 2. The molecule has 2 aromatic carbocycles. The summed E-state index contributed by atoms with van der Waals surface area (Å²) in [5.41, 5.74) is 3.08. The van der Waals surface area contributed by atoms with Crippen LogP contribution in [0, 0.1) is 0 Å². The summed E-state index contributed by atoms with van der Waals surface area (Å²) in [6.07, 6.45) is 1.48. The van der Waals surface area contributed by atoms with E-state index in [2.05, 4.69) is 10.5 Å². The molecule has 2 aromatic rings. The standard InChI is InChI=1S/C17H17ClN2O4/c1-22-13-8-7-12(16(9-13)23-2)10-19-20-17(21)11-24-15-6-4-3-5-14(15)18/h3-10H,11H2,1-2H3,(H,20,21)/b19-10-. The number of hydrogen-bond donors (Lipinski definition) is 1. The van der Waals surface area contributed by atoms with E-state index in [-0.39, 0.29) is 6.61 Å². The van der Waals surface area contributed by atoms with Crippen LogP contribution in [0.2, 0.25) is 5.02 Å². The van der Waals surface area contributed by atoms with E-state index in [1.807, 2.05) is 0 Å². The lowest BCUT2D eigenvalue weighted by molar-refractivity contribution is -0.123. The third-order valence-electron chi connectivity index (χ3n) is 3.03. The van der Waals surface area contributed by atoms with Crippen LogP contribution < -0.4 is 19.6 Å². The molecule has 7 heteroatoms. The molecular formula is C17H17ClN2O4. The highest BCUT2D eigenvalue weighted by atomic mass is 35.5. The number of rotatable bonds is 7. The van der Waals surface area contributed by atoms with E-state index in [1.54, 1.807) is 56.7 Å². The summed E-state index contributed by atoms with van der Waals surface area (Å²) < 4.78 is 15.7. The molecule has 0 fully saturated rings. The van der Waals surface area contributed by atoms with Gasteiger partial charge in [0.1, 0.15) is 17.2 Å². The quantitative estimate of drug-likeness (QED) is 0.617. The first kappa shape index (κ1) is 17.6. The first-order chi connectivity index (χ1) is 11.6. The van der Waals surface area contributed by atoms with Crippen LogP contribution in [0.3, 0.4) is 0 Å². The molecule has 0 saturated heterocycles. The van der Waals surface area contributed by atoms with Gasteiger partial charge in [0.2, 0.25) is 0 Å². The molecule has 0 aliphatic heterocycles. The fourth-order valence-electron chi connectivity index (χ4n) is 1.84. The van der Waals surface area contributed by atoms with Crippen molar-refractivity contribution in [3.8, 4) is 17.2 Å². The van der Waals surface area contributed by atoms with Gasteiger partial charge in [0.25, 0.3) is 5.91 Å². The number of ether oxygens (including phenoxy) is 3. The lowest BCUT2D eigenvalue weighted by Gasteiger charge is -2.07. The zero-order valence-electron chi connectivity index (χ0n) is 13.3. The first-order valence-electron chi connectivity index (χ1n) is 7.05. The molecular weight excluding hydrogens is 332 g/mol. The topological polar surface area (TPSA) is 69.2 Å². The Kier molecular flexibility index (Phi) is 6.45.